The van der Waals surface area contributed by atoms with E-state index in [1.165, 1.54) is 10.7 Å². The summed E-state index contributed by atoms with van der Waals surface area (Å²) in [6.07, 6.45) is 6.63. The van der Waals surface area contributed by atoms with Crippen molar-refractivity contribution in [1.29, 1.82) is 0 Å². The predicted molar refractivity (Wildman–Crippen MR) is 123 cm³/mol. The molecule has 1 aliphatic heterocycles. The lowest BCUT2D eigenvalue weighted by atomic mass is 9.85. The fourth-order valence-electron chi connectivity index (χ4n) is 3.66. The lowest BCUT2D eigenvalue weighted by Crippen LogP contribution is -2.50. The number of carbonyl (C=O) groups excluding carboxylic acids is 1. The smallest absolute Gasteiger partial charge is 0.252 e. The van der Waals surface area contributed by atoms with Crippen molar-refractivity contribution in [2.75, 3.05) is 26.2 Å². The maximum atomic E-state index is 13.1. The van der Waals surface area contributed by atoms with Crippen LogP contribution in [0.25, 0.3) is 17.5 Å². The molecule has 0 spiro atoms. The first-order chi connectivity index (χ1) is 15.5. The molecule has 32 heavy (non-hydrogen) atoms. The molecule has 11 heteroatoms. The quantitative estimate of drug-likeness (QED) is 0.489. The standard InChI is InChI=1S/C21H22N4O4S3/c26-18(7-6-17-5-2-12-30-17)24-8-10-25(11-9-24)32(27,28)19-13-16(14-31-19)20-22-21(29-23-20)15-3-1-4-15/h2,5-7,12-15H,1,3-4,8-11H2. The number of carbonyl (C=O) groups is 1. The highest BCUT2D eigenvalue weighted by molar-refractivity contribution is 7.91. The Kier molecular flexibility index (Phi) is 5.97. The molecular weight excluding hydrogens is 468 g/mol. The molecule has 2 fully saturated rings. The van der Waals surface area contributed by atoms with Crippen LogP contribution in [0.5, 0.6) is 0 Å². The highest BCUT2D eigenvalue weighted by Gasteiger charge is 2.31. The van der Waals surface area contributed by atoms with Gasteiger partial charge < -0.3 is 9.42 Å². The normalized spacial score (nSPS) is 18.3. The summed E-state index contributed by atoms with van der Waals surface area (Å²) < 4.78 is 33.3. The molecule has 0 aromatic carbocycles. The van der Waals surface area contributed by atoms with Crippen LogP contribution in [0.15, 0.2) is 43.8 Å². The van der Waals surface area contributed by atoms with Crippen LogP contribution < -0.4 is 0 Å². The predicted octanol–water partition coefficient (Wildman–Crippen LogP) is 3.67. The third-order valence-corrected chi connectivity index (χ3v) is 9.96. The molecule has 0 bridgehead atoms. The van der Waals surface area contributed by atoms with Gasteiger partial charge in [0.05, 0.1) is 0 Å². The van der Waals surface area contributed by atoms with E-state index in [1.807, 2.05) is 17.5 Å². The van der Waals surface area contributed by atoms with Crippen LogP contribution in [0, 0.1) is 0 Å². The number of aromatic nitrogens is 2. The van der Waals surface area contributed by atoms with Crippen LogP contribution in [-0.2, 0) is 14.8 Å². The maximum absolute atomic E-state index is 13.1. The van der Waals surface area contributed by atoms with Gasteiger partial charge in [0.2, 0.25) is 17.6 Å². The number of sulfonamides is 1. The molecule has 168 valence electrons. The molecule has 0 N–H and O–H groups in total. The van der Waals surface area contributed by atoms with Crippen LogP contribution >= 0.6 is 22.7 Å². The molecule has 0 radical (unpaired) electrons. The number of nitrogens with zero attached hydrogens (tertiary/aromatic N) is 4. The fraction of sp³-hybridized carbons (Fsp3) is 0.381. The molecule has 1 saturated carbocycles. The van der Waals surface area contributed by atoms with Crippen molar-refractivity contribution >= 4 is 44.7 Å². The van der Waals surface area contributed by atoms with Crippen molar-refractivity contribution in [3.63, 3.8) is 0 Å². The summed E-state index contributed by atoms with van der Waals surface area (Å²) in [5, 5.41) is 7.73. The summed E-state index contributed by atoms with van der Waals surface area (Å²) in [5.41, 5.74) is 0.649. The van der Waals surface area contributed by atoms with Crippen molar-refractivity contribution in [3.05, 3.63) is 45.8 Å². The number of hydrogen-bond donors (Lipinski definition) is 0. The van der Waals surface area contributed by atoms with E-state index in [-0.39, 0.29) is 23.2 Å². The van der Waals surface area contributed by atoms with Gasteiger partial charge in [0.25, 0.3) is 10.0 Å². The Labute approximate surface area is 194 Å². The molecule has 0 unspecified atom stereocenters. The van der Waals surface area contributed by atoms with Gasteiger partial charge in [-0.2, -0.15) is 9.29 Å². The van der Waals surface area contributed by atoms with E-state index in [1.54, 1.807) is 39.8 Å². The molecule has 3 aromatic rings. The van der Waals surface area contributed by atoms with Crippen molar-refractivity contribution in [3.8, 4) is 11.4 Å². The summed E-state index contributed by atoms with van der Waals surface area (Å²) in [6.45, 7) is 1.26. The van der Waals surface area contributed by atoms with Gasteiger partial charge in [0.15, 0.2) is 0 Å². The zero-order valence-corrected chi connectivity index (χ0v) is 19.7. The Bertz CT molecular complexity index is 1220. The molecule has 1 amide bonds. The van der Waals surface area contributed by atoms with Gasteiger partial charge in [-0.3, -0.25) is 4.79 Å². The number of hydrogen-bond acceptors (Lipinski definition) is 8. The second-order valence-corrected chi connectivity index (χ2v) is 11.9. The highest BCUT2D eigenvalue weighted by Crippen LogP contribution is 2.37. The van der Waals surface area contributed by atoms with Crippen LogP contribution in [0.2, 0.25) is 0 Å². The minimum Gasteiger partial charge on any atom is -0.339 e. The summed E-state index contributed by atoms with van der Waals surface area (Å²) in [5.74, 6) is 1.29. The summed E-state index contributed by atoms with van der Waals surface area (Å²) in [4.78, 5) is 19.5. The molecule has 0 atom stereocenters. The third kappa shape index (κ3) is 4.29. The second kappa shape index (κ2) is 8.89. The monoisotopic (exact) mass is 490 g/mol. The Morgan fingerprint density at radius 1 is 1.19 bits per heavy atom. The topological polar surface area (TPSA) is 96.6 Å². The van der Waals surface area contributed by atoms with E-state index in [2.05, 4.69) is 10.1 Å². The molecule has 1 aliphatic carbocycles. The summed E-state index contributed by atoms with van der Waals surface area (Å²) >= 11 is 2.72. The lowest BCUT2D eigenvalue weighted by Gasteiger charge is -2.33. The van der Waals surface area contributed by atoms with E-state index < -0.39 is 10.0 Å². The Balaban J connectivity index is 1.22. The minimum absolute atomic E-state index is 0.103. The minimum atomic E-state index is -3.64. The van der Waals surface area contributed by atoms with Crippen molar-refractivity contribution in [2.45, 2.75) is 29.4 Å². The molecule has 5 rings (SSSR count). The van der Waals surface area contributed by atoms with Gasteiger partial charge in [-0.25, -0.2) is 8.42 Å². The fourth-order valence-corrected chi connectivity index (χ4v) is 7.01. The van der Waals surface area contributed by atoms with Crippen molar-refractivity contribution < 1.29 is 17.7 Å². The van der Waals surface area contributed by atoms with Gasteiger partial charge in [-0.05, 0) is 36.4 Å². The van der Waals surface area contributed by atoms with Crippen LogP contribution in [0.1, 0.15) is 35.9 Å². The Morgan fingerprint density at radius 3 is 2.69 bits per heavy atom. The average molecular weight is 491 g/mol. The molecule has 1 saturated heterocycles. The van der Waals surface area contributed by atoms with Crippen LogP contribution in [0.3, 0.4) is 0 Å². The number of piperazine rings is 1. The zero-order valence-electron chi connectivity index (χ0n) is 17.2. The molecular formula is C21H22N4O4S3. The molecule has 3 aromatic heterocycles. The molecule has 4 heterocycles. The first-order valence-electron chi connectivity index (χ1n) is 10.4. The van der Waals surface area contributed by atoms with Gasteiger partial charge in [-0.15, -0.1) is 22.7 Å². The Hall–Kier alpha value is -2.34. The zero-order chi connectivity index (χ0) is 22.1. The van der Waals surface area contributed by atoms with Crippen LogP contribution in [-0.4, -0.2) is 59.8 Å². The number of rotatable bonds is 6. The van der Waals surface area contributed by atoms with Gasteiger partial charge in [0.1, 0.15) is 4.21 Å². The van der Waals surface area contributed by atoms with Crippen LogP contribution in [0.4, 0.5) is 0 Å². The van der Waals surface area contributed by atoms with E-state index in [0.717, 1.165) is 29.1 Å². The molecule has 2 aliphatic rings. The maximum Gasteiger partial charge on any atom is 0.252 e. The first kappa shape index (κ1) is 21.5. The van der Waals surface area contributed by atoms with E-state index in [4.69, 9.17) is 4.52 Å². The summed E-state index contributed by atoms with van der Waals surface area (Å²) in [6, 6.07) is 5.48. The SMILES string of the molecule is O=C(C=Cc1cccs1)N1CCN(S(=O)(=O)c2cc(-c3noc(C4CCC4)n3)cs2)CC1. The number of amides is 1. The highest BCUT2D eigenvalue weighted by atomic mass is 32.2. The van der Waals surface area contributed by atoms with Crippen molar-refractivity contribution in [1.82, 2.24) is 19.3 Å². The Morgan fingerprint density at radius 2 is 2.00 bits per heavy atom. The van der Waals surface area contributed by atoms with Gasteiger partial charge >= 0.3 is 0 Å². The van der Waals surface area contributed by atoms with Gasteiger partial charge in [0, 0.05) is 54.0 Å². The second-order valence-electron chi connectivity index (χ2n) is 7.82. The lowest BCUT2D eigenvalue weighted by molar-refractivity contribution is -0.127. The molecule has 8 nitrogen and oxygen atoms in total. The van der Waals surface area contributed by atoms with E-state index in [9.17, 15) is 13.2 Å². The van der Waals surface area contributed by atoms with Gasteiger partial charge in [-0.1, -0.05) is 17.6 Å². The number of thiophene rings is 2. The van der Waals surface area contributed by atoms with E-state index in [0.29, 0.717) is 36.3 Å². The largest absolute Gasteiger partial charge is 0.339 e. The first-order valence-corrected chi connectivity index (χ1v) is 13.6. The van der Waals surface area contributed by atoms with E-state index >= 15 is 0 Å². The van der Waals surface area contributed by atoms with Crippen molar-refractivity contribution in [2.24, 2.45) is 0 Å². The summed E-state index contributed by atoms with van der Waals surface area (Å²) in [7, 11) is -3.64. The average Bonchev–Trinajstić information content (AvgIpc) is 3.52. The third-order valence-electron chi connectivity index (χ3n) is 5.81.